The molecule has 0 aliphatic carbocycles. The molecule has 1 aromatic heterocycles. The third-order valence-corrected chi connectivity index (χ3v) is 5.16. The van der Waals surface area contributed by atoms with Gasteiger partial charge < -0.3 is 10.4 Å². The molecule has 2 heterocycles. The molecule has 17 heavy (non-hydrogen) atoms. The number of carbonyl (C=O) groups is 2. The molecule has 2 N–H and O–H groups in total. The molecule has 0 saturated heterocycles. The number of carboxylic acid groups (broad SMARTS) is 1. The van der Waals surface area contributed by atoms with Crippen LogP contribution in [-0.4, -0.2) is 28.0 Å². The summed E-state index contributed by atoms with van der Waals surface area (Å²) in [6.07, 6.45) is -1.09. The number of halogens is 1. The van der Waals surface area contributed by atoms with E-state index < -0.39 is 12.1 Å². The SMILES string of the molecule is Cc1sc2c(c1Br)CN(C(=O)O)C(C)C(=O)N2. The second kappa shape index (κ2) is 4.30. The summed E-state index contributed by atoms with van der Waals surface area (Å²) >= 11 is 4.88. The molecule has 5 nitrogen and oxygen atoms in total. The van der Waals surface area contributed by atoms with Crippen molar-refractivity contribution in [3.63, 3.8) is 0 Å². The fraction of sp³-hybridized carbons (Fsp3) is 0.400. The zero-order chi connectivity index (χ0) is 12.7. The van der Waals surface area contributed by atoms with Gasteiger partial charge >= 0.3 is 6.09 Å². The first-order chi connectivity index (χ1) is 7.91. The van der Waals surface area contributed by atoms with Gasteiger partial charge in [0.1, 0.15) is 11.0 Å². The van der Waals surface area contributed by atoms with Gasteiger partial charge in [-0.15, -0.1) is 11.3 Å². The number of hydrogen-bond acceptors (Lipinski definition) is 3. The molecular formula is C10H11BrN2O3S. The van der Waals surface area contributed by atoms with Crippen molar-refractivity contribution in [2.75, 3.05) is 5.32 Å². The fourth-order valence-electron chi connectivity index (χ4n) is 1.71. The Bertz CT molecular complexity index is 500. The van der Waals surface area contributed by atoms with Crippen molar-refractivity contribution in [1.29, 1.82) is 0 Å². The van der Waals surface area contributed by atoms with Crippen LogP contribution in [0.15, 0.2) is 4.47 Å². The molecule has 7 heteroatoms. The van der Waals surface area contributed by atoms with Crippen LogP contribution < -0.4 is 5.32 Å². The summed E-state index contributed by atoms with van der Waals surface area (Å²) in [5, 5.41) is 12.6. The van der Waals surface area contributed by atoms with Gasteiger partial charge in [-0.2, -0.15) is 0 Å². The summed E-state index contributed by atoms with van der Waals surface area (Å²) in [6, 6.07) is -0.681. The highest BCUT2D eigenvalue weighted by molar-refractivity contribution is 9.10. The van der Waals surface area contributed by atoms with Gasteiger partial charge in [-0.05, 0) is 29.8 Å². The van der Waals surface area contributed by atoms with E-state index in [0.717, 1.165) is 24.8 Å². The lowest BCUT2D eigenvalue weighted by Gasteiger charge is -2.22. The molecule has 0 saturated carbocycles. The van der Waals surface area contributed by atoms with Crippen molar-refractivity contribution >= 4 is 44.3 Å². The van der Waals surface area contributed by atoms with Crippen LogP contribution in [0.3, 0.4) is 0 Å². The maximum Gasteiger partial charge on any atom is 0.408 e. The Hall–Kier alpha value is -1.08. The average molecular weight is 319 g/mol. The number of nitrogens with zero attached hydrogens (tertiary/aromatic N) is 1. The van der Waals surface area contributed by atoms with Crippen LogP contribution in [0.4, 0.5) is 9.80 Å². The number of rotatable bonds is 0. The van der Waals surface area contributed by atoms with Gasteiger partial charge in [0.25, 0.3) is 0 Å². The van der Waals surface area contributed by atoms with E-state index in [0.29, 0.717) is 0 Å². The zero-order valence-corrected chi connectivity index (χ0v) is 11.7. The van der Waals surface area contributed by atoms with Gasteiger partial charge in [0, 0.05) is 14.9 Å². The minimum absolute atomic E-state index is 0.218. The normalized spacial score (nSPS) is 19.6. The predicted molar refractivity (Wildman–Crippen MR) is 68.4 cm³/mol. The number of aryl methyl sites for hydroxylation is 1. The molecule has 0 radical (unpaired) electrons. The summed E-state index contributed by atoms with van der Waals surface area (Å²) < 4.78 is 0.873. The third kappa shape index (κ3) is 2.04. The van der Waals surface area contributed by atoms with Crippen molar-refractivity contribution in [1.82, 2.24) is 4.90 Å². The largest absolute Gasteiger partial charge is 0.465 e. The van der Waals surface area contributed by atoms with Gasteiger partial charge in [0.15, 0.2) is 0 Å². The second-order valence-electron chi connectivity index (χ2n) is 3.86. The van der Waals surface area contributed by atoms with Crippen LogP contribution in [0.25, 0.3) is 0 Å². The first-order valence-corrected chi connectivity index (χ1v) is 6.61. The number of anilines is 1. The van der Waals surface area contributed by atoms with Crippen LogP contribution in [0.2, 0.25) is 0 Å². The Kier molecular flexibility index (Phi) is 3.13. The summed E-state index contributed by atoms with van der Waals surface area (Å²) in [5.41, 5.74) is 0.826. The molecular weight excluding hydrogens is 308 g/mol. The van der Waals surface area contributed by atoms with Gasteiger partial charge in [-0.25, -0.2) is 4.79 Å². The topological polar surface area (TPSA) is 69.6 Å². The van der Waals surface area contributed by atoms with E-state index in [1.165, 1.54) is 11.3 Å². The monoisotopic (exact) mass is 318 g/mol. The predicted octanol–water partition coefficient (Wildman–Crippen LogP) is 2.64. The summed E-state index contributed by atoms with van der Waals surface area (Å²) in [4.78, 5) is 25.1. The number of carbonyl (C=O) groups excluding carboxylic acids is 1. The van der Waals surface area contributed by atoms with Crippen LogP contribution in [0, 0.1) is 6.92 Å². The lowest BCUT2D eigenvalue weighted by atomic mass is 10.2. The first-order valence-electron chi connectivity index (χ1n) is 5.00. The summed E-state index contributed by atoms with van der Waals surface area (Å²) in [5.74, 6) is -0.292. The van der Waals surface area contributed by atoms with Gasteiger partial charge in [0.05, 0.1) is 6.54 Å². The Labute approximate surface area is 111 Å². The quantitative estimate of drug-likeness (QED) is 0.772. The van der Waals surface area contributed by atoms with E-state index in [1.807, 2.05) is 6.92 Å². The van der Waals surface area contributed by atoms with Crippen LogP contribution in [0.1, 0.15) is 17.4 Å². The first kappa shape index (κ1) is 12.4. The van der Waals surface area contributed by atoms with Crippen molar-refractivity contribution < 1.29 is 14.7 Å². The van der Waals surface area contributed by atoms with E-state index in [4.69, 9.17) is 5.11 Å². The molecule has 1 unspecified atom stereocenters. The van der Waals surface area contributed by atoms with E-state index >= 15 is 0 Å². The minimum atomic E-state index is -1.09. The van der Waals surface area contributed by atoms with E-state index in [1.54, 1.807) is 6.92 Å². The van der Waals surface area contributed by atoms with Crippen LogP contribution in [0.5, 0.6) is 0 Å². The summed E-state index contributed by atoms with van der Waals surface area (Å²) in [6.45, 7) is 3.72. The molecule has 92 valence electrons. The Morgan fingerprint density at radius 1 is 1.65 bits per heavy atom. The zero-order valence-electron chi connectivity index (χ0n) is 9.28. The third-order valence-electron chi connectivity index (χ3n) is 2.76. The van der Waals surface area contributed by atoms with Gasteiger partial charge in [-0.1, -0.05) is 0 Å². The molecule has 1 aliphatic rings. The number of nitrogens with one attached hydrogen (secondary N) is 1. The van der Waals surface area contributed by atoms with Crippen molar-refractivity contribution in [3.05, 3.63) is 14.9 Å². The Morgan fingerprint density at radius 2 is 2.29 bits per heavy atom. The smallest absolute Gasteiger partial charge is 0.408 e. The Morgan fingerprint density at radius 3 is 2.88 bits per heavy atom. The maximum atomic E-state index is 11.8. The molecule has 2 amide bonds. The number of hydrogen-bond donors (Lipinski definition) is 2. The molecule has 0 fully saturated rings. The van der Waals surface area contributed by atoms with E-state index in [2.05, 4.69) is 21.2 Å². The number of amides is 2. The van der Waals surface area contributed by atoms with Gasteiger partial charge in [-0.3, -0.25) is 9.69 Å². The van der Waals surface area contributed by atoms with E-state index in [-0.39, 0.29) is 12.5 Å². The Balaban J connectivity index is 2.48. The maximum absolute atomic E-state index is 11.8. The molecule has 1 aromatic rings. The van der Waals surface area contributed by atoms with Crippen LogP contribution in [-0.2, 0) is 11.3 Å². The summed E-state index contributed by atoms with van der Waals surface area (Å²) in [7, 11) is 0. The molecule has 0 bridgehead atoms. The molecule has 0 aromatic carbocycles. The van der Waals surface area contributed by atoms with Crippen LogP contribution >= 0.6 is 27.3 Å². The average Bonchev–Trinajstić information content (AvgIpc) is 2.42. The highest BCUT2D eigenvalue weighted by atomic mass is 79.9. The minimum Gasteiger partial charge on any atom is -0.465 e. The van der Waals surface area contributed by atoms with Crippen molar-refractivity contribution in [3.8, 4) is 0 Å². The van der Waals surface area contributed by atoms with Crippen molar-refractivity contribution in [2.45, 2.75) is 26.4 Å². The lowest BCUT2D eigenvalue weighted by Crippen LogP contribution is -2.42. The highest BCUT2D eigenvalue weighted by Gasteiger charge is 2.32. The molecule has 0 spiro atoms. The highest BCUT2D eigenvalue weighted by Crippen LogP contribution is 2.39. The van der Waals surface area contributed by atoms with Crippen molar-refractivity contribution in [2.24, 2.45) is 0 Å². The molecule has 1 aliphatic heterocycles. The lowest BCUT2D eigenvalue weighted by molar-refractivity contribution is -0.120. The number of fused-ring (bicyclic) bond motifs is 1. The second-order valence-corrected chi connectivity index (χ2v) is 5.87. The number of thiophene rings is 1. The molecule has 1 atom stereocenters. The standard InChI is InChI=1S/C10H11BrN2O3S/c1-4-8(14)12-9-6(3-13(4)10(15)16)7(11)5(2)17-9/h4H,3H2,1-2H3,(H,12,14)(H,15,16). The fourth-order valence-corrected chi connectivity index (χ4v) is 3.37. The molecule has 2 rings (SSSR count). The van der Waals surface area contributed by atoms with E-state index in [9.17, 15) is 9.59 Å². The van der Waals surface area contributed by atoms with Gasteiger partial charge in [0.2, 0.25) is 5.91 Å².